The average Bonchev–Trinajstić information content (AvgIpc) is 3.03. The maximum Gasteiger partial charge on any atom is 0.325 e. The largest absolute Gasteiger partial charge is 0.468 e. The summed E-state index contributed by atoms with van der Waals surface area (Å²) in [5.74, 6) is -0.628. The Bertz CT molecular complexity index is 1300. The lowest BCUT2D eigenvalue weighted by Crippen LogP contribution is -2.22. The molecule has 1 heterocycles. The Morgan fingerprint density at radius 3 is 2.69 bits per heavy atom. The molecule has 4 rings (SSSR count). The molecule has 1 aromatic heterocycles. The molecule has 6 heteroatoms. The van der Waals surface area contributed by atoms with Gasteiger partial charge in [0.2, 0.25) is 0 Å². The highest BCUT2D eigenvalue weighted by Gasteiger charge is 2.13. The van der Waals surface area contributed by atoms with E-state index in [9.17, 15) is 9.59 Å². The first kappa shape index (κ1) is 19.1. The first-order valence-corrected chi connectivity index (χ1v) is 10.1. The van der Waals surface area contributed by atoms with Gasteiger partial charge in [0.15, 0.2) is 4.80 Å². The number of esters is 1. The van der Waals surface area contributed by atoms with Crippen LogP contribution in [0.2, 0.25) is 0 Å². The van der Waals surface area contributed by atoms with Crippen LogP contribution in [0.15, 0.2) is 65.7 Å². The number of aryl methyl sites for hydroxylation is 1. The van der Waals surface area contributed by atoms with Crippen LogP contribution in [0.1, 0.15) is 11.1 Å². The van der Waals surface area contributed by atoms with Gasteiger partial charge in [-0.05, 0) is 41.0 Å². The Balaban J connectivity index is 1.75. The van der Waals surface area contributed by atoms with Gasteiger partial charge in [0.25, 0.3) is 5.91 Å². The van der Waals surface area contributed by atoms with Crippen molar-refractivity contribution < 1.29 is 14.3 Å². The second-order valence-electron chi connectivity index (χ2n) is 6.84. The van der Waals surface area contributed by atoms with Gasteiger partial charge in [-0.25, -0.2) is 0 Å². The molecule has 0 saturated carbocycles. The number of hydrogen-bond donors (Lipinski definition) is 0. The summed E-state index contributed by atoms with van der Waals surface area (Å²) in [7, 11) is 1.35. The van der Waals surface area contributed by atoms with E-state index in [2.05, 4.69) is 4.99 Å². The lowest BCUT2D eigenvalue weighted by Gasteiger charge is -2.05. The summed E-state index contributed by atoms with van der Waals surface area (Å²) in [6.45, 7) is 2.02. The molecule has 0 fully saturated rings. The molecule has 4 aromatic rings. The second kappa shape index (κ2) is 8.01. The zero-order valence-corrected chi connectivity index (χ0v) is 17.0. The van der Waals surface area contributed by atoms with Crippen LogP contribution in [0.5, 0.6) is 0 Å². The van der Waals surface area contributed by atoms with Crippen LogP contribution in [0.4, 0.5) is 0 Å². The zero-order chi connectivity index (χ0) is 20.4. The normalized spacial score (nSPS) is 11.9. The fourth-order valence-corrected chi connectivity index (χ4v) is 4.51. The third kappa shape index (κ3) is 3.98. The van der Waals surface area contributed by atoms with Crippen molar-refractivity contribution in [3.8, 4) is 0 Å². The van der Waals surface area contributed by atoms with Crippen LogP contribution in [0.25, 0.3) is 21.0 Å². The highest BCUT2D eigenvalue weighted by atomic mass is 32.1. The van der Waals surface area contributed by atoms with Crippen molar-refractivity contribution in [2.75, 3.05) is 7.11 Å². The number of thiazole rings is 1. The molecule has 0 N–H and O–H groups in total. The Morgan fingerprint density at radius 1 is 1.07 bits per heavy atom. The number of hydrogen-bond acceptors (Lipinski definition) is 4. The van der Waals surface area contributed by atoms with Crippen LogP contribution in [-0.4, -0.2) is 23.6 Å². The van der Waals surface area contributed by atoms with Gasteiger partial charge >= 0.3 is 5.97 Å². The smallest absolute Gasteiger partial charge is 0.325 e. The Hall–Kier alpha value is -3.25. The number of nitrogens with zero attached hydrogens (tertiary/aromatic N) is 2. The van der Waals surface area contributed by atoms with Crippen molar-refractivity contribution >= 4 is 44.2 Å². The lowest BCUT2D eigenvalue weighted by molar-refractivity contribution is -0.141. The molecule has 0 unspecified atom stereocenters. The topological polar surface area (TPSA) is 60.7 Å². The Kier molecular flexibility index (Phi) is 5.27. The minimum absolute atomic E-state index is 0.0138. The van der Waals surface area contributed by atoms with Crippen molar-refractivity contribution in [3.05, 3.63) is 76.6 Å². The summed E-state index contributed by atoms with van der Waals surface area (Å²) in [6.07, 6.45) is 0.201. The Labute approximate surface area is 171 Å². The number of carbonyl (C=O) groups excluding carboxylic acids is 2. The number of aromatic nitrogens is 1. The van der Waals surface area contributed by atoms with Gasteiger partial charge in [0.1, 0.15) is 6.54 Å². The number of rotatable bonds is 4. The summed E-state index contributed by atoms with van der Waals surface area (Å²) in [5, 5.41) is 2.14. The first-order chi connectivity index (χ1) is 14.0. The van der Waals surface area contributed by atoms with E-state index in [-0.39, 0.29) is 24.8 Å². The van der Waals surface area contributed by atoms with E-state index in [0.29, 0.717) is 4.80 Å². The van der Waals surface area contributed by atoms with Crippen molar-refractivity contribution in [1.82, 2.24) is 4.57 Å². The van der Waals surface area contributed by atoms with E-state index in [1.54, 1.807) is 4.57 Å². The number of carbonyl (C=O) groups is 2. The summed E-state index contributed by atoms with van der Waals surface area (Å²) in [5.41, 5.74) is 2.91. The highest BCUT2D eigenvalue weighted by molar-refractivity contribution is 7.16. The van der Waals surface area contributed by atoms with Gasteiger partial charge in [-0.15, -0.1) is 0 Å². The first-order valence-electron chi connectivity index (χ1n) is 9.26. The minimum atomic E-state index is -0.381. The summed E-state index contributed by atoms with van der Waals surface area (Å²) >= 11 is 1.40. The van der Waals surface area contributed by atoms with E-state index in [1.165, 1.54) is 18.4 Å². The second-order valence-corrected chi connectivity index (χ2v) is 7.85. The molecule has 0 bridgehead atoms. The Morgan fingerprint density at radius 2 is 1.86 bits per heavy atom. The fraction of sp³-hybridized carbons (Fsp3) is 0.174. The maximum atomic E-state index is 12.8. The molecule has 1 amide bonds. The van der Waals surface area contributed by atoms with E-state index < -0.39 is 0 Å². The van der Waals surface area contributed by atoms with Gasteiger partial charge in [-0.2, -0.15) is 4.99 Å². The maximum absolute atomic E-state index is 12.8. The van der Waals surface area contributed by atoms with Gasteiger partial charge in [0.05, 0.1) is 23.7 Å². The van der Waals surface area contributed by atoms with E-state index in [4.69, 9.17) is 4.74 Å². The number of benzene rings is 3. The van der Waals surface area contributed by atoms with Gasteiger partial charge < -0.3 is 9.30 Å². The summed E-state index contributed by atoms with van der Waals surface area (Å²) in [6, 6.07) is 19.9. The van der Waals surface area contributed by atoms with Gasteiger partial charge in [0, 0.05) is 0 Å². The standard InChI is InChI=1S/C23H20N2O3S/c1-15-10-11-19-20(12-15)29-23(25(19)14-22(27)28-2)24-21(26)13-17-8-5-7-16-6-3-4-9-18(16)17/h3-12H,13-14H2,1-2H3. The quantitative estimate of drug-likeness (QED) is 0.483. The summed E-state index contributed by atoms with van der Waals surface area (Å²) < 4.78 is 7.54. The summed E-state index contributed by atoms with van der Waals surface area (Å²) in [4.78, 5) is 29.5. The number of fused-ring (bicyclic) bond motifs is 2. The fourth-order valence-electron chi connectivity index (χ4n) is 3.37. The molecule has 0 radical (unpaired) electrons. The SMILES string of the molecule is COC(=O)Cn1c(=NC(=O)Cc2cccc3ccccc23)sc2cc(C)ccc21. The third-order valence-corrected chi connectivity index (χ3v) is 5.84. The van der Waals surface area contributed by atoms with Crippen LogP contribution in [0, 0.1) is 6.92 Å². The predicted octanol–water partition coefficient (Wildman–Crippen LogP) is 4.01. The van der Waals surface area contributed by atoms with Crippen molar-refractivity contribution in [3.63, 3.8) is 0 Å². The molecule has 0 saturated heterocycles. The highest BCUT2D eigenvalue weighted by Crippen LogP contribution is 2.21. The van der Waals surface area contributed by atoms with Crippen molar-refractivity contribution in [2.24, 2.45) is 4.99 Å². The predicted molar refractivity (Wildman–Crippen MR) is 115 cm³/mol. The van der Waals surface area contributed by atoms with Crippen LogP contribution >= 0.6 is 11.3 Å². The lowest BCUT2D eigenvalue weighted by atomic mass is 10.0. The molecule has 29 heavy (non-hydrogen) atoms. The molecule has 0 aliphatic rings. The number of amides is 1. The number of methoxy groups -OCH3 is 1. The van der Waals surface area contributed by atoms with Crippen LogP contribution in [-0.2, 0) is 27.3 Å². The van der Waals surface area contributed by atoms with Gasteiger partial charge in [-0.3, -0.25) is 9.59 Å². The number of ether oxygens (including phenoxy) is 1. The monoisotopic (exact) mass is 404 g/mol. The molecular formula is C23H20N2O3S. The van der Waals surface area contributed by atoms with Crippen molar-refractivity contribution in [1.29, 1.82) is 0 Å². The van der Waals surface area contributed by atoms with E-state index in [0.717, 1.165) is 32.1 Å². The van der Waals surface area contributed by atoms with Crippen LogP contribution in [0.3, 0.4) is 0 Å². The van der Waals surface area contributed by atoms with Crippen LogP contribution < -0.4 is 4.80 Å². The third-order valence-electron chi connectivity index (χ3n) is 4.80. The molecule has 5 nitrogen and oxygen atoms in total. The minimum Gasteiger partial charge on any atom is -0.468 e. The van der Waals surface area contributed by atoms with E-state index in [1.807, 2.05) is 67.6 Å². The molecule has 0 aliphatic heterocycles. The molecule has 3 aromatic carbocycles. The molecule has 0 aliphatic carbocycles. The zero-order valence-electron chi connectivity index (χ0n) is 16.2. The van der Waals surface area contributed by atoms with Crippen molar-refractivity contribution in [2.45, 2.75) is 19.9 Å². The van der Waals surface area contributed by atoms with Gasteiger partial charge in [-0.1, -0.05) is 59.9 Å². The molecule has 0 atom stereocenters. The molecule has 0 spiro atoms. The average molecular weight is 404 g/mol. The molecule has 146 valence electrons. The van der Waals surface area contributed by atoms with E-state index >= 15 is 0 Å². The molecular weight excluding hydrogens is 384 g/mol.